The van der Waals surface area contributed by atoms with E-state index in [1.54, 1.807) is 6.33 Å². The van der Waals surface area contributed by atoms with Crippen LogP contribution in [0.5, 0.6) is 0 Å². The highest BCUT2D eigenvalue weighted by Crippen LogP contribution is 2.57. The lowest BCUT2D eigenvalue weighted by atomic mass is 9.77. The first-order valence-electron chi connectivity index (χ1n) is 9.45. The normalized spacial score (nSPS) is 19.5. The van der Waals surface area contributed by atoms with Crippen LogP contribution in [-0.4, -0.2) is 38.7 Å². The number of nitrogens with zero attached hydrogens (tertiary/aromatic N) is 4. The van der Waals surface area contributed by atoms with E-state index in [2.05, 4.69) is 28.4 Å². The fraction of sp³-hybridized carbons (Fsp3) is 0.550. The van der Waals surface area contributed by atoms with Crippen LogP contribution >= 0.6 is 11.6 Å². The van der Waals surface area contributed by atoms with Crippen LogP contribution in [0.25, 0.3) is 0 Å². The lowest BCUT2D eigenvalue weighted by Crippen LogP contribution is -2.41. The van der Waals surface area contributed by atoms with Crippen molar-refractivity contribution in [3.63, 3.8) is 0 Å². The number of amides is 1. The van der Waals surface area contributed by atoms with Crippen molar-refractivity contribution in [2.45, 2.75) is 43.9 Å². The first-order chi connectivity index (χ1) is 12.6. The van der Waals surface area contributed by atoms with Crippen molar-refractivity contribution in [1.82, 2.24) is 19.7 Å². The van der Waals surface area contributed by atoms with Gasteiger partial charge in [0.2, 0.25) is 5.91 Å². The van der Waals surface area contributed by atoms with Gasteiger partial charge >= 0.3 is 0 Å². The first kappa shape index (κ1) is 17.5. The number of hydrogen-bond acceptors (Lipinski definition) is 3. The molecule has 4 rings (SSSR count). The Morgan fingerprint density at radius 2 is 2.08 bits per heavy atom. The quantitative estimate of drug-likeness (QED) is 0.808. The highest BCUT2D eigenvalue weighted by Gasteiger charge is 2.51. The maximum Gasteiger partial charge on any atom is 0.223 e. The van der Waals surface area contributed by atoms with Crippen molar-refractivity contribution in [2.24, 2.45) is 13.0 Å². The van der Waals surface area contributed by atoms with Gasteiger partial charge in [0.25, 0.3) is 0 Å². The van der Waals surface area contributed by atoms with Crippen LogP contribution in [0.15, 0.2) is 30.6 Å². The average molecular weight is 373 g/mol. The van der Waals surface area contributed by atoms with Gasteiger partial charge < -0.3 is 9.47 Å². The van der Waals surface area contributed by atoms with Gasteiger partial charge in [-0.1, -0.05) is 23.7 Å². The molecular formula is C20H25ClN4O. The highest BCUT2D eigenvalue weighted by molar-refractivity contribution is 6.30. The summed E-state index contributed by atoms with van der Waals surface area (Å²) in [6.45, 7) is 1.73. The number of carbonyl (C=O) groups excluding carboxylic acids is 1. The van der Waals surface area contributed by atoms with Crippen LogP contribution in [-0.2, 0) is 23.7 Å². The predicted octanol–water partition coefficient (Wildman–Crippen LogP) is 3.37. The summed E-state index contributed by atoms with van der Waals surface area (Å²) in [4.78, 5) is 14.6. The molecule has 0 unspecified atom stereocenters. The Labute approximate surface area is 159 Å². The number of benzene rings is 1. The van der Waals surface area contributed by atoms with Crippen molar-refractivity contribution in [3.05, 3.63) is 47.0 Å². The topological polar surface area (TPSA) is 51.0 Å². The van der Waals surface area contributed by atoms with Gasteiger partial charge in [0.15, 0.2) is 0 Å². The third-order valence-electron chi connectivity index (χ3n) is 6.18. The number of likely N-dealkylation sites (tertiary alicyclic amines) is 1. The van der Waals surface area contributed by atoms with Gasteiger partial charge in [-0.25, -0.2) is 0 Å². The summed E-state index contributed by atoms with van der Waals surface area (Å²) in [6, 6.07) is 8.35. The Bertz CT molecular complexity index is 791. The second-order valence-electron chi connectivity index (χ2n) is 7.68. The summed E-state index contributed by atoms with van der Waals surface area (Å²) in [5.74, 6) is 1.76. The molecule has 6 heteroatoms. The van der Waals surface area contributed by atoms with Gasteiger partial charge in [0.1, 0.15) is 12.2 Å². The van der Waals surface area contributed by atoms with Crippen LogP contribution in [0.3, 0.4) is 0 Å². The van der Waals surface area contributed by atoms with Gasteiger partial charge in [0.05, 0.1) is 0 Å². The van der Waals surface area contributed by atoms with Crippen LogP contribution in [0.1, 0.15) is 43.5 Å². The third kappa shape index (κ3) is 3.37. The molecule has 0 atom stereocenters. The van der Waals surface area contributed by atoms with E-state index in [0.29, 0.717) is 24.2 Å². The van der Waals surface area contributed by atoms with Crippen LogP contribution < -0.4 is 0 Å². The molecule has 2 aromatic rings. The summed E-state index contributed by atoms with van der Waals surface area (Å²) in [5.41, 5.74) is 1.69. The summed E-state index contributed by atoms with van der Waals surface area (Å²) in [5, 5.41) is 8.75. The van der Waals surface area contributed by atoms with E-state index < -0.39 is 0 Å². The molecule has 1 saturated carbocycles. The van der Waals surface area contributed by atoms with E-state index in [1.807, 2.05) is 22.6 Å². The maximum atomic E-state index is 12.5. The van der Waals surface area contributed by atoms with Crippen molar-refractivity contribution in [3.8, 4) is 0 Å². The first-order valence-corrected chi connectivity index (χ1v) is 9.83. The molecule has 0 bridgehead atoms. The molecule has 1 saturated heterocycles. The molecule has 1 aromatic heterocycles. The fourth-order valence-corrected chi connectivity index (χ4v) is 4.65. The minimum Gasteiger partial charge on any atom is -0.343 e. The summed E-state index contributed by atoms with van der Waals surface area (Å²) in [7, 11) is 1.91. The average Bonchev–Trinajstić information content (AvgIpc) is 3.37. The number of piperidine rings is 1. The summed E-state index contributed by atoms with van der Waals surface area (Å²) >= 11 is 6.21. The number of carbonyl (C=O) groups is 1. The van der Waals surface area contributed by atoms with Crippen molar-refractivity contribution < 1.29 is 4.79 Å². The van der Waals surface area contributed by atoms with Gasteiger partial charge in [-0.15, -0.1) is 10.2 Å². The molecule has 2 aliphatic rings. The molecule has 0 spiro atoms. The number of rotatable bonds is 5. The molecule has 0 N–H and O–H groups in total. The number of hydrogen-bond donors (Lipinski definition) is 0. The second-order valence-corrected chi connectivity index (χ2v) is 8.12. The molecule has 1 amide bonds. The van der Waals surface area contributed by atoms with Crippen molar-refractivity contribution >= 4 is 17.5 Å². The Kier molecular flexibility index (Phi) is 4.74. The van der Waals surface area contributed by atoms with Crippen molar-refractivity contribution in [2.75, 3.05) is 13.1 Å². The van der Waals surface area contributed by atoms with Gasteiger partial charge in [-0.3, -0.25) is 4.79 Å². The molecular weight excluding hydrogens is 348 g/mol. The Morgan fingerprint density at radius 3 is 2.69 bits per heavy atom. The lowest BCUT2D eigenvalue weighted by Gasteiger charge is -2.37. The zero-order chi connectivity index (χ0) is 18.1. The van der Waals surface area contributed by atoms with E-state index in [0.717, 1.165) is 36.8 Å². The summed E-state index contributed by atoms with van der Waals surface area (Å²) in [6.07, 6.45) is 7.51. The Hall–Kier alpha value is -1.88. The largest absolute Gasteiger partial charge is 0.343 e. The van der Waals surface area contributed by atoms with E-state index >= 15 is 0 Å². The van der Waals surface area contributed by atoms with Gasteiger partial charge in [-0.2, -0.15) is 0 Å². The highest BCUT2D eigenvalue weighted by atomic mass is 35.5. The van der Waals surface area contributed by atoms with Gasteiger partial charge in [-0.05, 0) is 54.7 Å². The summed E-state index contributed by atoms with van der Waals surface area (Å²) < 4.78 is 1.88. The molecule has 1 aliphatic carbocycles. The predicted molar refractivity (Wildman–Crippen MR) is 101 cm³/mol. The van der Waals surface area contributed by atoms with Gasteiger partial charge in [0, 0.05) is 38.0 Å². The molecule has 138 valence electrons. The molecule has 1 aliphatic heterocycles. The second kappa shape index (κ2) is 7.03. The SMILES string of the molecule is Cn1cnnc1CCC(=O)N1CCC(C2(c3cccc(Cl)c3)CC2)CC1. The van der Waals surface area contributed by atoms with Crippen molar-refractivity contribution in [1.29, 1.82) is 0 Å². The maximum absolute atomic E-state index is 12.5. The minimum absolute atomic E-state index is 0.235. The Balaban J connectivity index is 1.33. The zero-order valence-corrected chi connectivity index (χ0v) is 16.0. The third-order valence-corrected chi connectivity index (χ3v) is 6.42. The van der Waals surface area contributed by atoms with Crippen LogP contribution in [0.2, 0.25) is 5.02 Å². The molecule has 26 heavy (non-hydrogen) atoms. The smallest absolute Gasteiger partial charge is 0.223 e. The standard InChI is InChI=1S/C20H25ClN4O/c1-24-14-22-23-18(24)5-6-19(26)25-11-7-15(8-12-25)20(9-10-20)16-3-2-4-17(21)13-16/h2-4,13-15H,5-12H2,1H3. The van der Waals surface area contributed by atoms with E-state index in [9.17, 15) is 4.79 Å². The van der Waals surface area contributed by atoms with E-state index in [4.69, 9.17) is 11.6 Å². The zero-order valence-electron chi connectivity index (χ0n) is 15.2. The minimum atomic E-state index is 0.235. The number of halogens is 1. The number of aromatic nitrogens is 3. The van der Waals surface area contributed by atoms with Crippen LogP contribution in [0, 0.1) is 5.92 Å². The molecule has 0 radical (unpaired) electrons. The number of aryl methyl sites for hydroxylation is 2. The monoisotopic (exact) mass is 372 g/mol. The molecule has 2 heterocycles. The molecule has 5 nitrogen and oxygen atoms in total. The van der Waals surface area contributed by atoms with E-state index in [1.165, 1.54) is 18.4 Å². The molecule has 2 fully saturated rings. The fourth-order valence-electron chi connectivity index (χ4n) is 4.46. The molecule has 1 aromatic carbocycles. The van der Waals surface area contributed by atoms with E-state index in [-0.39, 0.29) is 5.91 Å². The van der Waals surface area contributed by atoms with Crippen LogP contribution in [0.4, 0.5) is 0 Å². The Morgan fingerprint density at radius 1 is 1.31 bits per heavy atom. The lowest BCUT2D eigenvalue weighted by molar-refractivity contribution is -0.132.